The highest BCUT2D eigenvalue weighted by atomic mass is 16.5. The lowest BCUT2D eigenvalue weighted by atomic mass is 9.70. The first-order valence-corrected chi connectivity index (χ1v) is 19.5. The van der Waals surface area contributed by atoms with Crippen LogP contribution in [0.3, 0.4) is 0 Å². The molecule has 0 fully saturated rings. The summed E-state index contributed by atoms with van der Waals surface area (Å²) >= 11 is 0. The van der Waals surface area contributed by atoms with Crippen molar-refractivity contribution in [1.29, 1.82) is 0 Å². The van der Waals surface area contributed by atoms with Crippen LogP contribution in [-0.4, -0.2) is 36.6 Å². The maximum Gasteiger partial charge on any atom is 0.119 e. The monoisotopic (exact) mass is 740 g/mol. The standard InChI is InChI=1S/C53H40O4/c54-29-31-56-43-23-17-37(18-24-43)35-9-13-39(14-10-35)41-21-27-47-45-5-1-3-7-49(45)53(51(47)33-41)50-8-4-2-6-46(50)48-28-22-42(34-52(48)53)40-15-11-36(12-16-40)38-19-25-44(26-20-38)57-32-30-55/h1-28,33-34,54-55H,29-32H2. The SMILES string of the molecule is OCCOc1ccc(-c2ccc(-c3ccc4c(c3)C3(c5ccccc5-4)c4ccccc4-c4ccc(-c5ccc(-c6ccc(OCCO)cc6)cc5)cc43)cc2)cc1. The van der Waals surface area contributed by atoms with E-state index in [9.17, 15) is 0 Å². The van der Waals surface area contributed by atoms with Crippen molar-refractivity contribution in [3.63, 3.8) is 0 Å². The molecule has 2 N–H and O–H groups in total. The molecular formula is C53H40O4. The number of aliphatic hydroxyl groups excluding tert-OH is 2. The molecule has 0 heterocycles. The first-order valence-electron chi connectivity index (χ1n) is 19.5. The van der Waals surface area contributed by atoms with E-state index in [1.807, 2.05) is 24.3 Å². The number of hydrogen-bond acceptors (Lipinski definition) is 4. The van der Waals surface area contributed by atoms with Gasteiger partial charge in [-0.25, -0.2) is 0 Å². The van der Waals surface area contributed by atoms with Crippen molar-refractivity contribution in [3.05, 3.63) is 204 Å². The average molecular weight is 741 g/mol. The number of rotatable bonds is 10. The Morgan fingerprint density at radius 1 is 0.316 bits per heavy atom. The maximum atomic E-state index is 9.11. The molecule has 2 aliphatic rings. The van der Waals surface area contributed by atoms with Gasteiger partial charge in [0.15, 0.2) is 0 Å². The summed E-state index contributed by atoms with van der Waals surface area (Å²) < 4.78 is 11.1. The van der Waals surface area contributed by atoms with Crippen molar-refractivity contribution in [1.82, 2.24) is 0 Å². The summed E-state index contributed by atoms with van der Waals surface area (Å²) in [6.07, 6.45) is 0. The summed E-state index contributed by atoms with van der Waals surface area (Å²) in [5, 5.41) is 18.2. The van der Waals surface area contributed by atoms with E-state index in [1.165, 1.54) is 66.8 Å². The fourth-order valence-corrected chi connectivity index (χ4v) is 9.02. The Balaban J connectivity index is 1.05. The molecule has 8 aromatic rings. The van der Waals surface area contributed by atoms with Gasteiger partial charge in [0.2, 0.25) is 0 Å². The van der Waals surface area contributed by atoms with Crippen LogP contribution < -0.4 is 9.47 Å². The van der Waals surface area contributed by atoms with Crippen LogP contribution in [0.2, 0.25) is 0 Å². The van der Waals surface area contributed by atoms with Crippen LogP contribution in [0.1, 0.15) is 22.3 Å². The second-order valence-electron chi connectivity index (χ2n) is 14.7. The fraction of sp³-hybridized carbons (Fsp3) is 0.0943. The van der Waals surface area contributed by atoms with Crippen LogP contribution in [0.5, 0.6) is 11.5 Å². The molecule has 4 heteroatoms. The van der Waals surface area contributed by atoms with Crippen molar-refractivity contribution in [2.45, 2.75) is 5.41 Å². The maximum absolute atomic E-state index is 9.11. The predicted octanol–water partition coefficient (Wildman–Crippen LogP) is 11.4. The molecule has 0 amide bonds. The predicted molar refractivity (Wildman–Crippen MR) is 230 cm³/mol. The molecular weight excluding hydrogens is 701 g/mol. The first kappa shape index (κ1) is 34.7. The van der Waals surface area contributed by atoms with Crippen molar-refractivity contribution < 1.29 is 19.7 Å². The second kappa shape index (κ2) is 14.4. The molecule has 10 rings (SSSR count). The zero-order valence-electron chi connectivity index (χ0n) is 31.4. The molecule has 0 bridgehead atoms. The number of fused-ring (bicyclic) bond motifs is 10. The highest BCUT2D eigenvalue weighted by Gasteiger charge is 2.51. The number of benzene rings is 8. The average Bonchev–Trinajstić information content (AvgIpc) is 3.75. The van der Waals surface area contributed by atoms with Gasteiger partial charge in [0.25, 0.3) is 0 Å². The van der Waals surface area contributed by atoms with E-state index < -0.39 is 5.41 Å². The van der Waals surface area contributed by atoms with Crippen LogP contribution in [0.4, 0.5) is 0 Å². The molecule has 0 saturated heterocycles. The van der Waals surface area contributed by atoms with Crippen molar-refractivity contribution >= 4 is 0 Å². The van der Waals surface area contributed by atoms with Crippen molar-refractivity contribution in [2.75, 3.05) is 26.4 Å². The third kappa shape index (κ3) is 5.85. The summed E-state index contributed by atoms with van der Waals surface area (Å²) in [7, 11) is 0. The number of aliphatic hydroxyl groups is 2. The molecule has 0 aromatic heterocycles. The molecule has 8 aromatic carbocycles. The van der Waals surface area contributed by atoms with E-state index in [4.69, 9.17) is 19.7 Å². The van der Waals surface area contributed by atoms with Crippen LogP contribution in [0.15, 0.2) is 182 Å². The topological polar surface area (TPSA) is 58.9 Å². The van der Waals surface area contributed by atoms with Crippen molar-refractivity contribution in [2.24, 2.45) is 0 Å². The molecule has 4 nitrogen and oxygen atoms in total. The Kier molecular flexibility index (Phi) is 8.79. The Hall–Kier alpha value is -6.72. The van der Waals surface area contributed by atoms with E-state index >= 15 is 0 Å². The normalized spacial score (nSPS) is 12.8. The number of ether oxygens (including phenoxy) is 2. The van der Waals surface area contributed by atoms with Crippen molar-refractivity contribution in [3.8, 4) is 78.3 Å². The van der Waals surface area contributed by atoms with Gasteiger partial charge in [-0.3, -0.25) is 0 Å². The summed E-state index contributed by atoms with van der Waals surface area (Å²) in [5.41, 5.74) is 19.1. The minimum absolute atomic E-state index is 0.00414. The lowest BCUT2D eigenvalue weighted by Gasteiger charge is -2.31. The molecule has 1 spiro atoms. The highest BCUT2D eigenvalue weighted by molar-refractivity contribution is 5.97. The van der Waals surface area contributed by atoms with E-state index in [0.29, 0.717) is 0 Å². The largest absolute Gasteiger partial charge is 0.491 e. The third-order valence-electron chi connectivity index (χ3n) is 11.6. The van der Waals surface area contributed by atoms with Crippen LogP contribution in [-0.2, 0) is 5.41 Å². The molecule has 276 valence electrons. The molecule has 0 unspecified atom stereocenters. The highest BCUT2D eigenvalue weighted by Crippen LogP contribution is 2.63. The van der Waals surface area contributed by atoms with E-state index in [-0.39, 0.29) is 26.4 Å². The zero-order valence-corrected chi connectivity index (χ0v) is 31.4. The zero-order chi connectivity index (χ0) is 38.3. The van der Waals surface area contributed by atoms with E-state index in [2.05, 4.69) is 158 Å². The summed E-state index contributed by atoms with van der Waals surface area (Å²) in [4.78, 5) is 0. The Labute approximate surface area is 332 Å². The molecule has 57 heavy (non-hydrogen) atoms. The van der Waals surface area contributed by atoms with Crippen LogP contribution in [0, 0.1) is 0 Å². The van der Waals surface area contributed by atoms with E-state index in [1.54, 1.807) is 0 Å². The van der Waals surface area contributed by atoms with Gasteiger partial charge in [-0.1, -0.05) is 146 Å². The van der Waals surface area contributed by atoms with Crippen LogP contribution in [0.25, 0.3) is 66.8 Å². The Morgan fingerprint density at radius 2 is 0.614 bits per heavy atom. The summed E-state index contributed by atoms with van der Waals surface area (Å²) in [6.45, 7) is 0.564. The van der Waals surface area contributed by atoms with Gasteiger partial charge in [0.05, 0.1) is 18.6 Å². The van der Waals surface area contributed by atoms with Gasteiger partial charge >= 0.3 is 0 Å². The van der Waals surface area contributed by atoms with Gasteiger partial charge in [-0.05, 0) is 125 Å². The molecule has 2 aliphatic carbocycles. The quantitative estimate of drug-likeness (QED) is 0.147. The van der Waals surface area contributed by atoms with Gasteiger partial charge in [-0.2, -0.15) is 0 Å². The summed E-state index contributed by atoms with van der Waals surface area (Å²) in [6, 6.07) is 65.7. The smallest absolute Gasteiger partial charge is 0.119 e. The first-order chi connectivity index (χ1) is 28.1. The minimum Gasteiger partial charge on any atom is -0.491 e. The molecule has 0 radical (unpaired) electrons. The third-order valence-corrected chi connectivity index (χ3v) is 11.6. The molecule has 0 aliphatic heterocycles. The van der Waals surface area contributed by atoms with Crippen LogP contribution >= 0.6 is 0 Å². The lowest BCUT2D eigenvalue weighted by molar-refractivity contribution is 0.201. The summed E-state index contributed by atoms with van der Waals surface area (Å²) in [5.74, 6) is 1.50. The van der Waals surface area contributed by atoms with Gasteiger partial charge in [-0.15, -0.1) is 0 Å². The lowest BCUT2D eigenvalue weighted by Crippen LogP contribution is -2.26. The second-order valence-corrected chi connectivity index (χ2v) is 14.7. The molecule has 0 atom stereocenters. The number of hydrogen-bond donors (Lipinski definition) is 2. The van der Waals surface area contributed by atoms with Gasteiger partial charge < -0.3 is 19.7 Å². The Morgan fingerprint density at radius 3 is 0.982 bits per heavy atom. The fourth-order valence-electron chi connectivity index (χ4n) is 9.02. The molecule has 0 saturated carbocycles. The van der Waals surface area contributed by atoms with E-state index in [0.717, 1.165) is 33.8 Å². The minimum atomic E-state index is -0.469. The Bertz CT molecular complexity index is 2540. The van der Waals surface area contributed by atoms with Gasteiger partial charge in [0, 0.05) is 0 Å². The van der Waals surface area contributed by atoms with Gasteiger partial charge in [0.1, 0.15) is 24.7 Å².